The number of halogens is 8. The molecule has 0 unspecified atom stereocenters. The molecule has 0 amide bonds. The van der Waals surface area contributed by atoms with E-state index in [1.54, 1.807) is 64.4 Å². The zero-order valence-electron chi connectivity index (χ0n) is 35.4. The lowest BCUT2D eigenvalue weighted by Crippen LogP contribution is -2.65. The number of fused-ring (bicyclic) bond motifs is 4. The number of para-hydroxylation sites is 2. The lowest BCUT2D eigenvalue weighted by atomic mass is 9.99. The smallest absolute Gasteiger partial charge is 0.381 e. The van der Waals surface area contributed by atoms with Crippen LogP contribution in [0.3, 0.4) is 0 Å². The first-order chi connectivity index (χ1) is 32.7. The van der Waals surface area contributed by atoms with Crippen LogP contribution in [0.5, 0.6) is 11.5 Å². The van der Waals surface area contributed by atoms with Gasteiger partial charge >= 0.3 is 23.7 Å². The maximum atomic E-state index is 15.4. The lowest BCUT2D eigenvalue weighted by molar-refractivity contribution is -0.371. The van der Waals surface area contributed by atoms with Gasteiger partial charge in [-0.05, 0) is 71.4 Å². The Bertz CT molecular complexity index is 3350. The number of nitrogens with zero attached hydrogens (tertiary/aromatic N) is 2. The number of rotatable bonds is 15. The van der Waals surface area contributed by atoms with Gasteiger partial charge in [-0.3, -0.25) is 9.80 Å². The molecule has 0 N–H and O–H groups in total. The van der Waals surface area contributed by atoms with Crippen molar-refractivity contribution in [2.45, 2.75) is 23.7 Å². The molecule has 0 saturated heterocycles. The molecule has 0 aliphatic rings. The predicted octanol–water partition coefficient (Wildman–Crippen LogP) is 16.4. The number of ether oxygens (including phenoxy) is 2. The molecular formula is C54H36F8N2O4. The van der Waals surface area contributed by atoms with Gasteiger partial charge in [-0.1, -0.05) is 115 Å². The van der Waals surface area contributed by atoms with E-state index in [9.17, 15) is 0 Å². The second-order valence-corrected chi connectivity index (χ2v) is 16.0. The Balaban J connectivity index is 0.868. The third-order valence-electron chi connectivity index (χ3n) is 11.6. The Kier molecular flexibility index (Phi) is 11.0. The van der Waals surface area contributed by atoms with Gasteiger partial charge in [0, 0.05) is 45.4 Å². The molecular weight excluding hydrogens is 893 g/mol. The Labute approximate surface area is 382 Å². The summed E-state index contributed by atoms with van der Waals surface area (Å²) in [6, 6.07) is 54.4. The van der Waals surface area contributed by atoms with Crippen molar-refractivity contribution in [3.8, 4) is 11.5 Å². The van der Waals surface area contributed by atoms with Crippen LogP contribution in [0.4, 0.5) is 69.6 Å². The molecule has 14 heteroatoms. The number of benzene rings is 8. The van der Waals surface area contributed by atoms with Crippen molar-refractivity contribution in [3.05, 3.63) is 194 Å². The molecule has 0 spiro atoms. The monoisotopic (exact) mass is 928 g/mol. The maximum absolute atomic E-state index is 15.4. The van der Waals surface area contributed by atoms with Gasteiger partial charge in [0.1, 0.15) is 22.7 Å². The zero-order valence-corrected chi connectivity index (χ0v) is 35.4. The SMILES string of the molecule is FC(F)(COc1ccc(N(c2cc3ccccc3o2)c2cccc3ccccc23)cc1)C(F)(F)C(F)(F)C(F)(F)COc1cccc(N(c2cc3ccccc3o2)c2cccc3ccccc23)c1. The number of hydrogen-bond donors (Lipinski definition) is 0. The Morgan fingerprint density at radius 2 is 0.779 bits per heavy atom. The van der Waals surface area contributed by atoms with Crippen LogP contribution in [0.25, 0.3) is 43.5 Å². The maximum Gasteiger partial charge on any atom is 0.381 e. The van der Waals surface area contributed by atoms with Gasteiger partial charge in [-0.15, -0.1) is 0 Å². The highest BCUT2D eigenvalue weighted by Crippen LogP contribution is 2.53. The van der Waals surface area contributed by atoms with Gasteiger partial charge in [0.2, 0.25) is 11.8 Å². The van der Waals surface area contributed by atoms with Crippen molar-refractivity contribution in [3.63, 3.8) is 0 Å². The molecule has 6 nitrogen and oxygen atoms in total. The highest BCUT2D eigenvalue weighted by Gasteiger charge is 2.81. The average molecular weight is 929 g/mol. The first kappa shape index (κ1) is 43.9. The average Bonchev–Trinajstić information content (AvgIpc) is 3.98. The van der Waals surface area contributed by atoms with Crippen LogP contribution >= 0.6 is 0 Å². The molecule has 0 bridgehead atoms. The van der Waals surface area contributed by atoms with Crippen LogP contribution < -0.4 is 19.3 Å². The molecule has 0 aliphatic heterocycles. The van der Waals surface area contributed by atoms with E-state index in [-0.39, 0.29) is 5.69 Å². The predicted molar refractivity (Wildman–Crippen MR) is 248 cm³/mol. The van der Waals surface area contributed by atoms with Crippen LogP contribution in [0.2, 0.25) is 0 Å². The van der Waals surface area contributed by atoms with Crippen molar-refractivity contribution in [1.82, 2.24) is 0 Å². The second kappa shape index (κ2) is 17.0. The van der Waals surface area contributed by atoms with E-state index in [0.717, 1.165) is 50.5 Å². The molecule has 0 aliphatic carbocycles. The summed E-state index contributed by atoms with van der Waals surface area (Å²) in [7, 11) is 0. The van der Waals surface area contributed by atoms with Crippen molar-refractivity contribution >= 4 is 78.0 Å². The van der Waals surface area contributed by atoms with Crippen molar-refractivity contribution in [1.29, 1.82) is 0 Å². The third-order valence-corrected chi connectivity index (χ3v) is 11.6. The minimum Gasteiger partial charge on any atom is -0.487 e. The van der Waals surface area contributed by atoms with E-state index < -0.39 is 48.4 Å². The molecule has 2 heterocycles. The molecule has 0 atom stereocenters. The van der Waals surface area contributed by atoms with E-state index in [1.807, 2.05) is 97.1 Å². The van der Waals surface area contributed by atoms with Gasteiger partial charge in [0.15, 0.2) is 13.2 Å². The second-order valence-electron chi connectivity index (χ2n) is 16.0. The molecule has 68 heavy (non-hydrogen) atoms. The van der Waals surface area contributed by atoms with E-state index in [1.165, 1.54) is 24.3 Å². The van der Waals surface area contributed by atoms with Gasteiger partial charge in [-0.2, -0.15) is 35.1 Å². The summed E-state index contributed by atoms with van der Waals surface area (Å²) in [5, 5.41) is 4.87. The Morgan fingerprint density at radius 1 is 0.368 bits per heavy atom. The van der Waals surface area contributed by atoms with Gasteiger partial charge in [0.25, 0.3) is 0 Å². The fourth-order valence-corrected chi connectivity index (χ4v) is 8.13. The number of furan rings is 2. The number of anilines is 6. The van der Waals surface area contributed by atoms with E-state index in [4.69, 9.17) is 18.3 Å². The number of hydrogen-bond acceptors (Lipinski definition) is 6. The number of alkyl halides is 8. The first-order valence-corrected chi connectivity index (χ1v) is 21.2. The third kappa shape index (κ3) is 7.84. The topological polar surface area (TPSA) is 51.2 Å². The fourth-order valence-electron chi connectivity index (χ4n) is 8.13. The molecule has 342 valence electrons. The molecule has 0 saturated carbocycles. The Morgan fingerprint density at radius 3 is 1.28 bits per heavy atom. The van der Waals surface area contributed by atoms with Crippen LogP contribution in [-0.4, -0.2) is 36.9 Å². The van der Waals surface area contributed by atoms with Gasteiger partial charge < -0.3 is 18.3 Å². The summed E-state index contributed by atoms with van der Waals surface area (Å²) in [6.45, 7) is -4.74. The lowest BCUT2D eigenvalue weighted by Gasteiger charge is -2.36. The highest BCUT2D eigenvalue weighted by molar-refractivity contribution is 6.00. The standard InChI is InChI=1S/C54H36F8N2O4/c55-51(56,33-65-41-28-26-39(27-29-41)63(49-30-37-14-3-7-24-47(37)67-49)45-22-9-16-35-12-1-5-20-43(35)45)53(59,60)54(61,62)52(57,58)34-66-42-19-11-18-40(32-42)64(50-31-38-15-4-8-25-48(38)68-50)46-23-10-17-36-13-2-6-21-44(36)46/h1-32H,33-34H2. The van der Waals surface area contributed by atoms with Crippen LogP contribution in [0, 0.1) is 0 Å². The molecule has 8 aromatic carbocycles. The first-order valence-electron chi connectivity index (χ1n) is 21.2. The van der Waals surface area contributed by atoms with Crippen molar-refractivity contribution in [2.75, 3.05) is 23.0 Å². The largest absolute Gasteiger partial charge is 0.487 e. The Hall–Kier alpha value is -8.00. The summed E-state index contributed by atoms with van der Waals surface area (Å²) in [5.41, 5.74) is 3.05. The molecule has 2 aromatic heterocycles. The van der Waals surface area contributed by atoms with E-state index >= 15 is 35.1 Å². The van der Waals surface area contributed by atoms with Crippen molar-refractivity contribution in [2.24, 2.45) is 0 Å². The minimum atomic E-state index is -6.62. The highest BCUT2D eigenvalue weighted by atomic mass is 19.4. The molecule has 0 radical (unpaired) electrons. The molecule has 0 fully saturated rings. The van der Waals surface area contributed by atoms with Crippen LogP contribution in [0.15, 0.2) is 203 Å². The summed E-state index contributed by atoms with van der Waals surface area (Å²) in [4.78, 5) is 3.39. The van der Waals surface area contributed by atoms with Crippen LogP contribution in [-0.2, 0) is 0 Å². The van der Waals surface area contributed by atoms with Gasteiger partial charge in [-0.25, -0.2) is 0 Å². The summed E-state index contributed by atoms with van der Waals surface area (Å²) >= 11 is 0. The minimum absolute atomic E-state index is 0.255. The zero-order chi connectivity index (χ0) is 47.3. The quantitative estimate of drug-likeness (QED) is 0.0955. The molecule has 10 rings (SSSR count). The summed E-state index contributed by atoms with van der Waals surface area (Å²) in [6.07, 6.45) is 0. The van der Waals surface area contributed by atoms with Gasteiger partial charge in [0.05, 0.1) is 17.1 Å². The van der Waals surface area contributed by atoms with Crippen LogP contribution in [0.1, 0.15) is 0 Å². The van der Waals surface area contributed by atoms with E-state index in [2.05, 4.69) is 0 Å². The summed E-state index contributed by atoms with van der Waals surface area (Å²) in [5.74, 6) is -25.0. The fraction of sp³-hybridized carbons (Fsp3) is 0.111. The molecule has 10 aromatic rings. The van der Waals surface area contributed by atoms with E-state index in [0.29, 0.717) is 40.0 Å². The van der Waals surface area contributed by atoms with Crippen molar-refractivity contribution < 1.29 is 53.4 Å². The summed E-state index contributed by atoms with van der Waals surface area (Å²) < 4.78 is 145. The normalized spacial score (nSPS) is 12.5.